The Kier molecular flexibility index (Phi) is 7.42. The number of ether oxygens (including phenoxy) is 1. The lowest BCUT2D eigenvalue weighted by Gasteiger charge is -2.35. The molecule has 0 bridgehead atoms. The molecule has 4 aliphatic rings. The SMILES string of the molecule is COC(=O)C1=C(CN2CC3(CC3)C[C@H]2CN(C)C)N(C)C([S+]2C=CC=CN2)=N[C@H]1c1cccc(F)c1Cl. The predicted octanol–water partition coefficient (Wildman–Crippen LogP) is 3.83. The Labute approximate surface area is 226 Å². The summed E-state index contributed by atoms with van der Waals surface area (Å²) in [4.78, 5) is 25.1. The number of benzene rings is 1. The number of likely N-dealkylation sites (N-methyl/N-ethyl adjacent to an activating group) is 2. The Morgan fingerprint density at radius 1 is 1.35 bits per heavy atom. The number of carbonyl (C=O) groups excluding carboxylic acids is 1. The third-order valence-corrected chi connectivity index (χ3v) is 9.61. The summed E-state index contributed by atoms with van der Waals surface area (Å²) in [7, 11) is 7.53. The van der Waals surface area contributed by atoms with Gasteiger partial charge < -0.3 is 9.64 Å². The molecule has 3 heterocycles. The van der Waals surface area contributed by atoms with Crippen LogP contribution in [0.4, 0.5) is 4.39 Å². The normalized spacial score (nSPS) is 26.6. The van der Waals surface area contributed by atoms with Crippen molar-refractivity contribution in [3.63, 3.8) is 0 Å². The van der Waals surface area contributed by atoms with Crippen LogP contribution >= 0.6 is 11.6 Å². The Hall–Kier alpha value is -2.33. The Balaban J connectivity index is 1.61. The zero-order chi connectivity index (χ0) is 26.3. The quantitative estimate of drug-likeness (QED) is 0.432. The van der Waals surface area contributed by atoms with Crippen molar-refractivity contribution in [2.75, 3.05) is 47.9 Å². The summed E-state index contributed by atoms with van der Waals surface area (Å²) >= 11 is 5.93. The van der Waals surface area contributed by atoms with Gasteiger partial charge in [-0.3, -0.25) is 9.80 Å². The summed E-state index contributed by atoms with van der Waals surface area (Å²) < 4.78 is 23.3. The van der Waals surface area contributed by atoms with E-state index in [1.165, 1.54) is 26.0 Å². The number of hydrogen-bond acceptors (Lipinski definition) is 7. The summed E-state index contributed by atoms with van der Waals surface area (Å²) in [6.07, 6.45) is 9.46. The highest BCUT2D eigenvalue weighted by Crippen LogP contribution is 2.55. The van der Waals surface area contributed by atoms with E-state index >= 15 is 0 Å². The highest BCUT2D eigenvalue weighted by molar-refractivity contribution is 8.12. The fourth-order valence-electron chi connectivity index (χ4n) is 5.62. The fourth-order valence-corrected chi connectivity index (χ4v) is 7.26. The number of rotatable bonds is 6. The van der Waals surface area contributed by atoms with Crippen LogP contribution in [-0.2, 0) is 20.6 Å². The van der Waals surface area contributed by atoms with Gasteiger partial charge in [0.1, 0.15) is 11.9 Å². The van der Waals surface area contributed by atoms with Gasteiger partial charge in [0.05, 0.1) is 23.4 Å². The van der Waals surface area contributed by atoms with Gasteiger partial charge in [-0.1, -0.05) is 23.7 Å². The third kappa shape index (κ3) is 5.19. The zero-order valence-corrected chi connectivity index (χ0v) is 23.3. The first-order valence-electron chi connectivity index (χ1n) is 12.5. The highest BCUT2D eigenvalue weighted by atomic mass is 35.5. The van der Waals surface area contributed by atoms with Gasteiger partial charge in [-0.05, 0) is 57.0 Å². The van der Waals surface area contributed by atoms with Gasteiger partial charge >= 0.3 is 11.1 Å². The second kappa shape index (κ2) is 10.4. The van der Waals surface area contributed by atoms with Crippen molar-refractivity contribution in [1.82, 2.24) is 19.4 Å². The molecule has 1 saturated heterocycles. The standard InChI is InChI=1S/C27H34ClFN5O2S/c1-32(2)15-18-14-27(10-11-27)17-34(18)16-21-22(25(35)36-4)24(19-8-7-9-20(29)23(19)28)31-26(33(21)3)37-13-6-5-12-30-37/h5-9,12-13,18,24,30H,10-11,14-17H2,1-4H3/q+1/t18-,24-,37?/m0/s1. The molecule has 3 aliphatic heterocycles. The Morgan fingerprint density at radius 2 is 2.14 bits per heavy atom. The maximum absolute atomic E-state index is 14.6. The summed E-state index contributed by atoms with van der Waals surface area (Å²) in [6, 6.07) is 4.26. The minimum Gasteiger partial charge on any atom is -0.466 e. The number of nitrogens with one attached hydrogen (secondary N) is 1. The number of halogens is 2. The number of esters is 1. The first-order valence-corrected chi connectivity index (χ1v) is 14.2. The smallest absolute Gasteiger partial charge is 0.353 e. The van der Waals surface area contributed by atoms with Crippen molar-refractivity contribution in [2.24, 2.45) is 10.4 Å². The van der Waals surface area contributed by atoms with E-state index in [1.54, 1.807) is 12.1 Å². The molecular weight excluding hydrogens is 513 g/mol. The van der Waals surface area contributed by atoms with Gasteiger partial charge in [-0.15, -0.1) is 0 Å². The van der Waals surface area contributed by atoms with E-state index in [1.807, 2.05) is 35.7 Å². The topological polar surface area (TPSA) is 60.4 Å². The number of hydrogen-bond donors (Lipinski definition) is 1. The molecule has 3 atom stereocenters. The monoisotopic (exact) mass is 546 g/mol. The lowest BCUT2D eigenvalue weighted by Crippen LogP contribution is -2.47. The van der Waals surface area contributed by atoms with Gasteiger partial charge in [0, 0.05) is 44.5 Å². The molecule has 1 aromatic carbocycles. The van der Waals surface area contributed by atoms with Crippen molar-refractivity contribution in [1.29, 1.82) is 0 Å². The summed E-state index contributed by atoms with van der Waals surface area (Å²) in [5.41, 5.74) is 2.07. The average molecular weight is 547 g/mol. The molecule has 5 rings (SSSR count). The molecule has 1 aliphatic carbocycles. The van der Waals surface area contributed by atoms with E-state index in [4.69, 9.17) is 21.3 Å². The highest BCUT2D eigenvalue weighted by Gasteiger charge is 2.52. The van der Waals surface area contributed by atoms with Gasteiger partial charge in [0.2, 0.25) is 11.1 Å². The minimum absolute atomic E-state index is 0.0279. The van der Waals surface area contributed by atoms with E-state index in [9.17, 15) is 9.18 Å². The first-order chi connectivity index (χ1) is 17.7. The van der Waals surface area contributed by atoms with Gasteiger partial charge in [0.15, 0.2) is 5.41 Å². The van der Waals surface area contributed by atoms with Crippen molar-refractivity contribution < 1.29 is 13.9 Å². The predicted molar refractivity (Wildman–Crippen MR) is 147 cm³/mol. The molecule has 1 unspecified atom stereocenters. The largest absolute Gasteiger partial charge is 0.466 e. The van der Waals surface area contributed by atoms with Crippen LogP contribution in [0.25, 0.3) is 0 Å². The fraction of sp³-hybridized carbons (Fsp3) is 0.481. The number of amidine groups is 1. The molecule has 1 saturated carbocycles. The lowest BCUT2D eigenvalue weighted by molar-refractivity contribution is -0.136. The number of aliphatic imine (C=N–C) groups is 1. The second-order valence-corrected chi connectivity index (χ2v) is 12.5. The van der Waals surface area contributed by atoms with E-state index in [2.05, 4.69) is 28.6 Å². The van der Waals surface area contributed by atoms with E-state index in [-0.39, 0.29) is 5.02 Å². The minimum atomic E-state index is -0.782. The van der Waals surface area contributed by atoms with Crippen LogP contribution in [-0.4, -0.2) is 79.8 Å². The zero-order valence-electron chi connectivity index (χ0n) is 21.7. The van der Waals surface area contributed by atoms with Crippen LogP contribution < -0.4 is 4.72 Å². The summed E-state index contributed by atoms with van der Waals surface area (Å²) in [6.45, 7) is 2.52. The van der Waals surface area contributed by atoms with E-state index < -0.39 is 28.9 Å². The van der Waals surface area contributed by atoms with Crippen LogP contribution in [0.2, 0.25) is 5.02 Å². The second-order valence-electron chi connectivity index (χ2n) is 10.5. The molecule has 0 amide bonds. The van der Waals surface area contributed by atoms with Crippen molar-refractivity contribution >= 4 is 33.8 Å². The molecular formula is C27H34ClFN5O2S+. The number of likely N-dealkylation sites (tertiary alicyclic amines) is 1. The molecule has 0 radical (unpaired) electrons. The Bertz CT molecular complexity index is 1200. The van der Waals surface area contributed by atoms with Crippen LogP contribution in [0.1, 0.15) is 30.9 Å². The van der Waals surface area contributed by atoms with Crippen LogP contribution in [0.5, 0.6) is 0 Å². The molecule has 1 aromatic rings. The maximum Gasteiger partial charge on any atom is 0.353 e. The van der Waals surface area contributed by atoms with E-state index in [0.29, 0.717) is 29.1 Å². The van der Waals surface area contributed by atoms with E-state index in [0.717, 1.165) is 30.4 Å². The van der Waals surface area contributed by atoms with Crippen molar-refractivity contribution in [3.8, 4) is 0 Å². The van der Waals surface area contributed by atoms with Gasteiger partial charge in [-0.25, -0.2) is 18.9 Å². The van der Waals surface area contributed by atoms with Crippen LogP contribution in [0, 0.1) is 11.2 Å². The third-order valence-electron chi connectivity index (χ3n) is 7.62. The summed E-state index contributed by atoms with van der Waals surface area (Å²) in [5.74, 6) is -1.02. The number of allylic oxidation sites excluding steroid dienone is 2. The number of carbonyl (C=O) groups is 1. The molecule has 198 valence electrons. The first kappa shape index (κ1) is 26.3. The lowest BCUT2D eigenvalue weighted by atomic mass is 9.95. The Morgan fingerprint density at radius 3 is 2.78 bits per heavy atom. The van der Waals surface area contributed by atoms with Gasteiger partial charge in [0.25, 0.3) is 0 Å². The molecule has 1 N–H and O–H groups in total. The molecule has 10 heteroatoms. The molecule has 1 spiro atoms. The molecule has 2 fully saturated rings. The molecule has 7 nitrogen and oxygen atoms in total. The average Bonchev–Trinajstić information content (AvgIpc) is 3.55. The molecule has 37 heavy (non-hydrogen) atoms. The maximum atomic E-state index is 14.6. The van der Waals surface area contributed by atoms with Crippen LogP contribution in [0.3, 0.4) is 0 Å². The number of methoxy groups -OCH3 is 1. The van der Waals surface area contributed by atoms with Crippen molar-refractivity contribution in [3.05, 3.63) is 69.6 Å². The molecule has 0 aromatic heterocycles. The number of nitrogens with zero attached hydrogens (tertiary/aromatic N) is 4. The van der Waals surface area contributed by atoms with Crippen LogP contribution in [0.15, 0.2) is 58.2 Å². The van der Waals surface area contributed by atoms with Gasteiger partial charge in [-0.2, -0.15) is 0 Å². The van der Waals surface area contributed by atoms with Crippen molar-refractivity contribution in [2.45, 2.75) is 31.3 Å². The summed E-state index contributed by atoms with van der Waals surface area (Å²) in [5, 5.41) is 2.78.